The van der Waals surface area contributed by atoms with Gasteiger partial charge >= 0.3 is 6.08 Å². The summed E-state index contributed by atoms with van der Waals surface area (Å²) in [6, 6.07) is 4.64. The second-order valence-corrected chi connectivity index (χ2v) is 9.23. The van der Waals surface area contributed by atoms with Crippen LogP contribution in [0.25, 0.3) is 0 Å². The molecule has 0 aromatic heterocycles. The summed E-state index contributed by atoms with van der Waals surface area (Å²) < 4.78 is 56.4. The Balaban J connectivity index is 3.13. The number of hydrogen-bond acceptors (Lipinski definition) is 1. The van der Waals surface area contributed by atoms with E-state index in [0.29, 0.717) is 0 Å². The third kappa shape index (κ3) is 4.27. The topological polar surface area (TPSA) is 9.23 Å². The van der Waals surface area contributed by atoms with Crippen LogP contribution in [-0.2, 0) is 4.43 Å². The van der Waals surface area contributed by atoms with E-state index in [4.69, 9.17) is 4.43 Å². The molecule has 0 N–H and O–H groups in total. The van der Waals surface area contributed by atoms with Gasteiger partial charge in [0.1, 0.15) is 11.9 Å². The SMILES string of the molecule is C[Si](C)(C)OC(C(F)=C(F)F)c1ccc(F)cc1. The molecule has 6 heteroatoms. The lowest BCUT2D eigenvalue weighted by molar-refractivity contribution is 0.187. The molecule has 0 heterocycles. The summed E-state index contributed by atoms with van der Waals surface area (Å²) in [5.74, 6) is -2.14. The van der Waals surface area contributed by atoms with Gasteiger partial charge in [-0.3, -0.25) is 0 Å². The Morgan fingerprint density at radius 3 is 1.94 bits per heavy atom. The summed E-state index contributed by atoms with van der Waals surface area (Å²) in [6.45, 7) is 5.27. The van der Waals surface area contributed by atoms with E-state index in [-0.39, 0.29) is 5.56 Å². The number of benzene rings is 1. The fourth-order valence-corrected chi connectivity index (χ4v) is 2.30. The van der Waals surface area contributed by atoms with Crippen molar-refractivity contribution in [1.82, 2.24) is 0 Å². The van der Waals surface area contributed by atoms with Crippen LogP contribution in [0.5, 0.6) is 0 Å². The lowest BCUT2D eigenvalue weighted by Gasteiger charge is -2.25. The molecule has 1 unspecified atom stereocenters. The smallest absolute Gasteiger partial charge is 0.304 e. The van der Waals surface area contributed by atoms with E-state index < -0.39 is 32.1 Å². The van der Waals surface area contributed by atoms with Crippen molar-refractivity contribution in [3.05, 3.63) is 47.6 Å². The van der Waals surface area contributed by atoms with Crippen LogP contribution in [0.1, 0.15) is 11.7 Å². The molecule has 18 heavy (non-hydrogen) atoms. The highest BCUT2D eigenvalue weighted by Gasteiger charge is 2.28. The highest BCUT2D eigenvalue weighted by atomic mass is 28.4. The van der Waals surface area contributed by atoms with Crippen molar-refractivity contribution in [3.8, 4) is 0 Å². The van der Waals surface area contributed by atoms with E-state index in [1.807, 2.05) is 0 Å². The van der Waals surface area contributed by atoms with E-state index in [1.165, 1.54) is 12.1 Å². The molecule has 0 saturated carbocycles. The van der Waals surface area contributed by atoms with Gasteiger partial charge in [-0.2, -0.15) is 8.78 Å². The Hall–Kier alpha value is -1.14. The Morgan fingerprint density at radius 1 is 1.06 bits per heavy atom. The molecule has 1 rings (SSSR count). The van der Waals surface area contributed by atoms with Crippen molar-refractivity contribution >= 4 is 8.32 Å². The summed E-state index contributed by atoms with van der Waals surface area (Å²) >= 11 is 0. The number of rotatable bonds is 4. The predicted molar refractivity (Wildman–Crippen MR) is 63.9 cm³/mol. The first-order valence-electron chi connectivity index (χ1n) is 5.34. The molecular weight excluding hydrogens is 264 g/mol. The van der Waals surface area contributed by atoms with Gasteiger partial charge in [-0.1, -0.05) is 12.1 Å². The zero-order chi connectivity index (χ0) is 13.9. The van der Waals surface area contributed by atoms with Gasteiger partial charge in [0.25, 0.3) is 0 Å². The molecule has 100 valence electrons. The molecule has 0 aliphatic heterocycles. The van der Waals surface area contributed by atoms with E-state index in [0.717, 1.165) is 12.1 Å². The molecule has 0 bridgehead atoms. The summed E-state index contributed by atoms with van der Waals surface area (Å²) in [5.41, 5.74) is 0.170. The quantitative estimate of drug-likeness (QED) is 0.568. The van der Waals surface area contributed by atoms with Crippen molar-refractivity contribution in [2.24, 2.45) is 0 Å². The van der Waals surface area contributed by atoms with Gasteiger partial charge in [-0.15, -0.1) is 0 Å². The lowest BCUT2D eigenvalue weighted by atomic mass is 10.1. The Kier molecular flexibility index (Phi) is 4.69. The van der Waals surface area contributed by atoms with E-state index in [1.54, 1.807) is 19.6 Å². The average molecular weight is 278 g/mol. The van der Waals surface area contributed by atoms with Crippen LogP contribution in [0.4, 0.5) is 17.6 Å². The second-order valence-electron chi connectivity index (χ2n) is 4.77. The normalized spacial score (nSPS) is 13.3. The van der Waals surface area contributed by atoms with Gasteiger partial charge in [0.15, 0.2) is 14.1 Å². The highest BCUT2D eigenvalue weighted by molar-refractivity contribution is 6.69. The van der Waals surface area contributed by atoms with Gasteiger partial charge < -0.3 is 4.43 Å². The maximum Gasteiger partial charge on any atom is 0.304 e. The minimum Gasteiger partial charge on any atom is -0.404 e. The van der Waals surface area contributed by atoms with Crippen LogP contribution >= 0.6 is 0 Å². The maximum atomic E-state index is 13.4. The molecule has 1 atom stereocenters. The highest BCUT2D eigenvalue weighted by Crippen LogP contribution is 2.33. The molecule has 0 amide bonds. The van der Waals surface area contributed by atoms with Gasteiger partial charge in [-0.05, 0) is 37.3 Å². The monoisotopic (exact) mass is 278 g/mol. The Morgan fingerprint density at radius 2 is 1.56 bits per heavy atom. The molecule has 0 spiro atoms. The van der Waals surface area contributed by atoms with Crippen LogP contribution in [0.15, 0.2) is 36.2 Å². The summed E-state index contributed by atoms with van der Waals surface area (Å²) in [5, 5.41) is 0. The number of halogens is 4. The third-order valence-corrected chi connectivity index (χ3v) is 3.00. The van der Waals surface area contributed by atoms with Crippen molar-refractivity contribution in [2.75, 3.05) is 0 Å². The fourth-order valence-electron chi connectivity index (χ4n) is 1.36. The van der Waals surface area contributed by atoms with Crippen LogP contribution in [0.3, 0.4) is 0 Å². The molecule has 1 aromatic carbocycles. The first-order valence-corrected chi connectivity index (χ1v) is 8.75. The first-order chi connectivity index (χ1) is 8.20. The number of hydrogen-bond donors (Lipinski definition) is 0. The molecule has 1 aromatic rings. The second kappa shape index (κ2) is 5.66. The van der Waals surface area contributed by atoms with Gasteiger partial charge in [0.05, 0.1) is 0 Å². The standard InChI is InChI=1S/C12H14F4OSi/c1-18(2,3)17-11(10(14)12(15)16)8-4-6-9(13)7-5-8/h4-7,11H,1-3H3. The van der Waals surface area contributed by atoms with Crippen LogP contribution in [0, 0.1) is 5.82 Å². The maximum absolute atomic E-state index is 13.4. The summed E-state index contributed by atoms with van der Waals surface area (Å²) in [7, 11) is -2.23. The van der Waals surface area contributed by atoms with Crippen LogP contribution in [0.2, 0.25) is 19.6 Å². The predicted octanol–water partition coefficient (Wildman–Crippen LogP) is 4.80. The van der Waals surface area contributed by atoms with Crippen LogP contribution < -0.4 is 0 Å². The van der Waals surface area contributed by atoms with E-state index >= 15 is 0 Å². The minimum atomic E-state index is -2.41. The Bertz CT molecular complexity index is 432. The van der Waals surface area contributed by atoms with Crippen molar-refractivity contribution in [1.29, 1.82) is 0 Å². The minimum absolute atomic E-state index is 0.170. The van der Waals surface area contributed by atoms with Gasteiger partial charge in [0, 0.05) is 0 Å². The molecule has 0 radical (unpaired) electrons. The van der Waals surface area contributed by atoms with Crippen molar-refractivity contribution in [2.45, 2.75) is 25.7 Å². The van der Waals surface area contributed by atoms with Gasteiger partial charge in [-0.25, -0.2) is 8.78 Å². The van der Waals surface area contributed by atoms with Crippen molar-refractivity contribution < 1.29 is 22.0 Å². The Labute approximate surface area is 104 Å². The van der Waals surface area contributed by atoms with Gasteiger partial charge in [0.2, 0.25) is 0 Å². The van der Waals surface area contributed by atoms with E-state index in [9.17, 15) is 17.6 Å². The lowest BCUT2D eigenvalue weighted by Crippen LogP contribution is -2.28. The third-order valence-electron chi connectivity index (χ3n) is 2.05. The summed E-state index contributed by atoms with van der Waals surface area (Å²) in [6.07, 6.45) is -3.88. The molecule has 0 saturated heterocycles. The zero-order valence-corrected chi connectivity index (χ0v) is 11.3. The molecule has 0 aliphatic carbocycles. The largest absolute Gasteiger partial charge is 0.404 e. The van der Waals surface area contributed by atoms with Crippen LogP contribution in [-0.4, -0.2) is 8.32 Å². The molecular formula is C12H14F4OSi. The molecule has 1 nitrogen and oxygen atoms in total. The summed E-state index contributed by atoms with van der Waals surface area (Å²) in [4.78, 5) is 0. The van der Waals surface area contributed by atoms with Crippen molar-refractivity contribution in [3.63, 3.8) is 0 Å². The zero-order valence-electron chi connectivity index (χ0n) is 10.3. The fraction of sp³-hybridized carbons (Fsp3) is 0.333. The van der Waals surface area contributed by atoms with E-state index in [2.05, 4.69) is 0 Å². The first kappa shape index (κ1) is 14.9. The molecule has 0 aliphatic rings. The average Bonchev–Trinajstić information content (AvgIpc) is 2.25. The molecule has 0 fully saturated rings.